The molecule has 106 valence electrons. The third-order valence-electron chi connectivity index (χ3n) is 2.98. The maximum Gasteiger partial charge on any atom is 0.223 e. The van der Waals surface area contributed by atoms with Crippen LogP contribution in [0.3, 0.4) is 0 Å². The molecule has 1 aromatic carbocycles. The van der Waals surface area contributed by atoms with Gasteiger partial charge in [0.15, 0.2) is 5.75 Å². The SMILES string of the molecule is O=c1ccn(CCO)c(C(O)c2ccc(F)cc2)c1O. The van der Waals surface area contributed by atoms with Crippen molar-refractivity contribution in [2.24, 2.45) is 0 Å². The molecule has 6 heteroatoms. The molecule has 1 aromatic heterocycles. The van der Waals surface area contributed by atoms with Crippen LogP contribution in [0.15, 0.2) is 41.3 Å². The lowest BCUT2D eigenvalue weighted by atomic mass is 10.0. The Morgan fingerprint density at radius 3 is 2.45 bits per heavy atom. The topological polar surface area (TPSA) is 82.7 Å². The van der Waals surface area contributed by atoms with Crippen molar-refractivity contribution in [1.29, 1.82) is 0 Å². The summed E-state index contributed by atoms with van der Waals surface area (Å²) in [6, 6.07) is 6.21. The van der Waals surface area contributed by atoms with Crippen molar-refractivity contribution in [2.75, 3.05) is 6.61 Å². The Morgan fingerprint density at radius 1 is 1.20 bits per heavy atom. The van der Waals surface area contributed by atoms with Crippen LogP contribution in [0.5, 0.6) is 5.75 Å². The van der Waals surface area contributed by atoms with Gasteiger partial charge in [-0.3, -0.25) is 4.79 Å². The predicted octanol–water partition coefficient (Wildman–Crippen LogP) is 0.767. The maximum absolute atomic E-state index is 12.9. The highest BCUT2D eigenvalue weighted by Gasteiger charge is 2.20. The third kappa shape index (κ3) is 2.71. The van der Waals surface area contributed by atoms with Gasteiger partial charge in [0.1, 0.15) is 11.9 Å². The molecule has 0 spiro atoms. The number of aliphatic hydroxyl groups excluding tert-OH is 2. The van der Waals surface area contributed by atoms with Crippen LogP contribution < -0.4 is 5.43 Å². The van der Waals surface area contributed by atoms with E-state index in [1.807, 2.05) is 0 Å². The van der Waals surface area contributed by atoms with E-state index in [0.717, 1.165) is 6.07 Å². The molecule has 0 saturated heterocycles. The summed E-state index contributed by atoms with van der Waals surface area (Å²) in [4.78, 5) is 11.5. The largest absolute Gasteiger partial charge is 0.503 e. The summed E-state index contributed by atoms with van der Waals surface area (Å²) in [6.07, 6.45) is 0.0800. The van der Waals surface area contributed by atoms with Crippen LogP contribution in [0, 0.1) is 5.82 Å². The zero-order chi connectivity index (χ0) is 14.7. The first-order chi connectivity index (χ1) is 9.54. The molecular formula is C14H14FNO4. The second kappa shape index (κ2) is 5.85. The van der Waals surface area contributed by atoms with Crippen LogP contribution >= 0.6 is 0 Å². The Hall–Kier alpha value is -2.18. The number of halogens is 1. The average Bonchev–Trinajstić information content (AvgIpc) is 2.44. The number of aliphatic hydroxyl groups is 2. The summed E-state index contributed by atoms with van der Waals surface area (Å²) in [6.45, 7) is -0.104. The molecule has 0 fully saturated rings. The van der Waals surface area contributed by atoms with Gasteiger partial charge in [-0.1, -0.05) is 12.1 Å². The number of aromatic hydroxyl groups is 1. The van der Waals surface area contributed by atoms with Crippen LogP contribution in [0.4, 0.5) is 4.39 Å². The molecule has 20 heavy (non-hydrogen) atoms. The highest BCUT2D eigenvalue weighted by atomic mass is 19.1. The Bertz CT molecular complexity index is 651. The molecule has 1 atom stereocenters. The number of nitrogens with zero attached hydrogens (tertiary/aromatic N) is 1. The molecule has 0 radical (unpaired) electrons. The molecule has 0 amide bonds. The molecule has 5 nitrogen and oxygen atoms in total. The van der Waals surface area contributed by atoms with Crippen molar-refractivity contribution >= 4 is 0 Å². The number of hydrogen-bond donors (Lipinski definition) is 3. The first-order valence-electron chi connectivity index (χ1n) is 6.01. The van der Waals surface area contributed by atoms with Crippen LogP contribution in [-0.4, -0.2) is 26.5 Å². The molecule has 0 aliphatic heterocycles. The zero-order valence-corrected chi connectivity index (χ0v) is 10.5. The van der Waals surface area contributed by atoms with E-state index in [1.165, 1.54) is 35.0 Å². The second-order valence-electron chi connectivity index (χ2n) is 4.28. The van der Waals surface area contributed by atoms with Crippen molar-refractivity contribution in [2.45, 2.75) is 12.6 Å². The van der Waals surface area contributed by atoms with E-state index in [0.29, 0.717) is 5.56 Å². The molecule has 1 unspecified atom stereocenters. The van der Waals surface area contributed by atoms with Gasteiger partial charge in [-0.15, -0.1) is 0 Å². The Morgan fingerprint density at radius 2 is 1.85 bits per heavy atom. The highest BCUT2D eigenvalue weighted by Crippen LogP contribution is 2.27. The fraction of sp³-hybridized carbons (Fsp3) is 0.214. The number of pyridine rings is 1. The van der Waals surface area contributed by atoms with Crippen LogP contribution in [0.1, 0.15) is 17.4 Å². The van der Waals surface area contributed by atoms with E-state index in [2.05, 4.69) is 0 Å². The number of rotatable bonds is 4. The van der Waals surface area contributed by atoms with Gasteiger partial charge in [-0.2, -0.15) is 0 Å². The van der Waals surface area contributed by atoms with E-state index in [-0.39, 0.29) is 18.8 Å². The number of aromatic nitrogens is 1. The quantitative estimate of drug-likeness (QED) is 0.772. The van der Waals surface area contributed by atoms with E-state index >= 15 is 0 Å². The number of benzene rings is 1. The Balaban J connectivity index is 2.52. The van der Waals surface area contributed by atoms with Gasteiger partial charge in [0, 0.05) is 18.8 Å². The average molecular weight is 279 g/mol. The molecule has 0 saturated carbocycles. The van der Waals surface area contributed by atoms with Gasteiger partial charge >= 0.3 is 0 Å². The minimum absolute atomic E-state index is 0.0295. The lowest BCUT2D eigenvalue weighted by Crippen LogP contribution is -2.18. The lowest BCUT2D eigenvalue weighted by molar-refractivity contribution is 0.196. The first kappa shape index (κ1) is 14.2. The second-order valence-corrected chi connectivity index (χ2v) is 4.28. The van der Waals surface area contributed by atoms with Gasteiger partial charge in [-0.25, -0.2) is 4.39 Å². The van der Waals surface area contributed by atoms with Crippen LogP contribution in [0.25, 0.3) is 0 Å². The molecule has 0 aliphatic rings. The van der Waals surface area contributed by atoms with Crippen molar-refractivity contribution < 1.29 is 19.7 Å². The van der Waals surface area contributed by atoms with Crippen LogP contribution in [0.2, 0.25) is 0 Å². The van der Waals surface area contributed by atoms with E-state index in [1.54, 1.807) is 0 Å². The van der Waals surface area contributed by atoms with Crippen molar-refractivity contribution in [3.05, 3.63) is 63.8 Å². The summed E-state index contributed by atoms with van der Waals surface area (Å²) >= 11 is 0. The fourth-order valence-electron chi connectivity index (χ4n) is 1.97. The van der Waals surface area contributed by atoms with Crippen LogP contribution in [-0.2, 0) is 6.54 Å². The van der Waals surface area contributed by atoms with E-state index in [4.69, 9.17) is 5.11 Å². The van der Waals surface area contributed by atoms with Crippen molar-refractivity contribution in [1.82, 2.24) is 4.57 Å². The summed E-state index contributed by atoms with van der Waals surface area (Å²) < 4.78 is 14.3. The van der Waals surface area contributed by atoms with E-state index in [9.17, 15) is 19.4 Å². The third-order valence-corrected chi connectivity index (χ3v) is 2.98. The normalized spacial score (nSPS) is 12.3. The first-order valence-corrected chi connectivity index (χ1v) is 6.01. The molecule has 2 rings (SSSR count). The van der Waals surface area contributed by atoms with Gasteiger partial charge < -0.3 is 19.9 Å². The maximum atomic E-state index is 12.9. The minimum atomic E-state index is -1.30. The number of hydrogen-bond acceptors (Lipinski definition) is 4. The molecule has 0 bridgehead atoms. The molecular weight excluding hydrogens is 265 g/mol. The summed E-state index contributed by atoms with van der Waals surface area (Å²) in [5.74, 6) is -1.04. The Kier molecular flexibility index (Phi) is 4.16. The monoisotopic (exact) mass is 279 g/mol. The standard InChI is InChI=1S/C14H14FNO4/c15-10-3-1-9(2-4-10)13(19)12-14(20)11(18)5-6-16(12)7-8-17/h1-6,13,17,19-20H,7-8H2. The lowest BCUT2D eigenvalue weighted by Gasteiger charge is -2.18. The molecule has 2 aromatic rings. The molecule has 3 N–H and O–H groups in total. The van der Waals surface area contributed by atoms with E-state index < -0.39 is 23.1 Å². The Labute approximate surface area is 114 Å². The predicted molar refractivity (Wildman–Crippen MR) is 69.9 cm³/mol. The van der Waals surface area contributed by atoms with Gasteiger partial charge in [0.25, 0.3) is 0 Å². The molecule has 0 aliphatic carbocycles. The summed E-state index contributed by atoms with van der Waals surface area (Å²) in [5, 5.41) is 29.1. The zero-order valence-electron chi connectivity index (χ0n) is 10.5. The summed E-state index contributed by atoms with van der Waals surface area (Å²) in [7, 11) is 0. The minimum Gasteiger partial charge on any atom is -0.503 e. The highest BCUT2D eigenvalue weighted by molar-refractivity contribution is 5.35. The molecule has 1 heterocycles. The smallest absolute Gasteiger partial charge is 0.223 e. The van der Waals surface area contributed by atoms with Gasteiger partial charge in [0.05, 0.1) is 12.3 Å². The summed E-state index contributed by atoms with van der Waals surface area (Å²) in [5.41, 5.74) is -0.326. The van der Waals surface area contributed by atoms with Gasteiger partial charge in [-0.05, 0) is 17.7 Å². The van der Waals surface area contributed by atoms with Gasteiger partial charge in [0.2, 0.25) is 5.43 Å². The van der Waals surface area contributed by atoms with Crippen molar-refractivity contribution in [3.63, 3.8) is 0 Å². The van der Waals surface area contributed by atoms with Crippen molar-refractivity contribution in [3.8, 4) is 5.75 Å². The fourth-order valence-corrected chi connectivity index (χ4v) is 1.97.